The van der Waals surface area contributed by atoms with Gasteiger partial charge >= 0.3 is 5.97 Å². The normalized spacial score (nSPS) is 28.9. The fourth-order valence-corrected chi connectivity index (χ4v) is 1.42. The van der Waals surface area contributed by atoms with Gasteiger partial charge in [-0.1, -0.05) is 22.6 Å². The van der Waals surface area contributed by atoms with Gasteiger partial charge in [0.15, 0.2) is 6.04 Å². The third kappa shape index (κ3) is 2.11. The quantitative estimate of drug-likeness (QED) is 0.429. The first-order chi connectivity index (χ1) is 5.25. The smallest absolute Gasteiger partial charge is 0.333 e. The maximum Gasteiger partial charge on any atom is 0.333 e. The minimum Gasteiger partial charge on any atom is -0.464 e. The molecule has 0 radical (unpaired) electrons. The molecule has 1 aliphatic rings. The number of alkyl halides is 1. The van der Waals surface area contributed by atoms with E-state index in [1.807, 2.05) is 0 Å². The number of carbonyl (C=O) groups is 1. The molecule has 1 rings (SSSR count). The average Bonchev–Trinajstić information content (AvgIpc) is 2.36. The fraction of sp³-hybridized carbons (Fsp3) is 0.833. The molecular formula is C6H9IN2O2. The second kappa shape index (κ2) is 3.99. The predicted molar refractivity (Wildman–Crippen MR) is 48.0 cm³/mol. The van der Waals surface area contributed by atoms with Crippen LogP contribution < -0.4 is 0 Å². The van der Waals surface area contributed by atoms with Crippen LogP contribution in [0.25, 0.3) is 0 Å². The number of rotatable bonds is 2. The summed E-state index contributed by atoms with van der Waals surface area (Å²) in [6.45, 7) is 2.82. The van der Waals surface area contributed by atoms with Crippen LogP contribution in [-0.4, -0.2) is 29.1 Å². The van der Waals surface area contributed by atoms with Crippen molar-refractivity contribution in [3.05, 3.63) is 0 Å². The number of nitrogens with zero attached hydrogens (tertiary/aromatic N) is 2. The first-order valence-electron chi connectivity index (χ1n) is 3.43. The molecule has 2 unspecified atom stereocenters. The molecule has 0 saturated heterocycles. The highest BCUT2D eigenvalue weighted by Gasteiger charge is 2.31. The van der Waals surface area contributed by atoms with E-state index in [1.165, 1.54) is 0 Å². The van der Waals surface area contributed by atoms with E-state index in [1.54, 1.807) is 6.92 Å². The zero-order valence-corrected chi connectivity index (χ0v) is 8.32. The number of carbonyl (C=O) groups excluding carboxylic acids is 1. The van der Waals surface area contributed by atoms with Crippen LogP contribution in [0.5, 0.6) is 0 Å². The van der Waals surface area contributed by atoms with Crippen molar-refractivity contribution in [3.8, 4) is 0 Å². The highest BCUT2D eigenvalue weighted by Crippen LogP contribution is 2.18. The highest BCUT2D eigenvalue weighted by molar-refractivity contribution is 14.1. The molecular weight excluding hydrogens is 259 g/mol. The molecule has 0 aromatic heterocycles. The lowest BCUT2D eigenvalue weighted by Crippen LogP contribution is -2.28. The number of halogens is 1. The van der Waals surface area contributed by atoms with Gasteiger partial charge < -0.3 is 4.74 Å². The van der Waals surface area contributed by atoms with Crippen molar-refractivity contribution < 1.29 is 9.53 Å². The molecule has 1 heterocycles. The van der Waals surface area contributed by atoms with Crippen LogP contribution in [0.2, 0.25) is 0 Å². The van der Waals surface area contributed by atoms with Crippen LogP contribution in [0.15, 0.2) is 10.2 Å². The topological polar surface area (TPSA) is 51.0 Å². The molecule has 0 spiro atoms. The molecule has 1 aliphatic heterocycles. The van der Waals surface area contributed by atoms with Crippen molar-refractivity contribution in [2.45, 2.75) is 16.9 Å². The van der Waals surface area contributed by atoms with E-state index in [0.717, 1.165) is 0 Å². The Morgan fingerprint density at radius 3 is 3.00 bits per heavy atom. The average molecular weight is 268 g/mol. The Labute approximate surface area is 78.5 Å². The minimum atomic E-state index is -0.365. The summed E-state index contributed by atoms with van der Waals surface area (Å²) in [5.41, 5.74) is 0. The molecule has 4 nitrogen and oxygen atoms in total. The molecule has 0 saturated carbocycles. The van der Waals surface area contributed by atoms with Gasteiger partial charge in [-0.05, 0) is 6.92 Å². The number of ether oxygens (including phenoxy) is 1. The van der Waals surface area contributed by atoms with Crippen LogP contribution >= 0.6 is 22.6 Å². The molecule has 11 heavy (non-hydrogen) atoms. The molecule has 0 aromatic carbocycles. The van der Waals surface area contributed by atoms with E-state index < -0.39 is 0 Å². The van der Waals surface area contributed by atoms with Gasteiger partial charge in [0.25, 0.3) is 0 Å². The Hall–Kier alpha value is -0.200. The summed E-state index contributed by atoms with van der Waals surface area (Å²) in [6, 6.07) is -0.365. The molecule has 0 aromatic rings. The lowest BCUT2D eigenvalue weighted by molar-refractivity contribution is -0.144. The van der Waals surface area contributed by atoms with Gasteiger partial charge in [-0.3, -0.25) is 0 Å². The first kappa shape index (κ1) is 8.89. The highest BCUT2D eigenvalue weighted by atomic mass is 127. The Bertz CT molecular complexity index is 183. The zero-order chi connectivity index (χ0) is 8.27. The van der Waals surface area contributed by atoms with Gasteiger partial charge in [0.2, 0.25) is 0 Å². The maximum atomic E-state index is 11.1. The van der Waals surface area contributed by atoms with Gasteiger partial charge in [-0.25, -0.2) is 4.79 Å². The lowest BCUT2D eigenvalue weighted by Gasteiger charge is -2.07. The van der Waals surface area contributed by atoms with E-state index in [-0.39, 0.29) is 15.9 Å². The Balaban J connectivity index is 2.46. The van der Waals surface area contributed by atoms with Crippen LogP contribution in [-0.2, 0) is 9.53 Å². The van der Waals surface area contributed by atoms with E-state index in [4.69, 9.17) is 4.74 Å². The van der Waals surface area contributed by atoms with Crippen LogP contribution in [0.1, 0.15) is 6.92 Å². The van der Waals surface area contributed by atoms with Gasteiger partial charge in [0.05, 0.1) is 17.1 Å². The minimum absolute atomic E-state index is 0.173. The second-order valence-corrected chi connectivity index (χ2v) is 3.75. The van der Waals surface area contributed by atoms with Crippen molar-refractivity contribution in [1.29, 1.82) is 0 Å². The Morgan fingerprint density at radius 2 is 2.55 bits per heavy atom. The molecule has 0 amide bonds. The van der Waals surface area contributed by atoms with E-state index >= 15 is 0 Å². The Kier molecular flexibility index (Phi) is 3.22. The standard InChI is InChI=1S/C6H9IN2O2/c1-2-11-6(10)5-4(7)3-8-9-5/h4-5H,2-3H2,1H3. The van der Waals surface area contributed by atoms with Gasteiger partial charge in [-0.2, -0.15) is 10.2 Å². The van der Waals surface area contributed by atoms with Gasteiger partial charge in [0, 0.05) is 0 Å². The zero-order valence-electron chi connectivity index (χ0n) is 6.16. The SMILES string of the molecule is CCOC(=O)C1N=NCC1I. The summed E-state index contributed by atoms with van der Waals surface area (Å²) < 4.78 is 4.97. The van der Waals surface area contributed by atoms with Crippen molar-refractivity contribution >= 4 is 28.6 Å². The van der Waals surface area contributed by atoms with Crippen LogP contribution in [0.3, 0.4) is 0 Å². The predicted octanol–water partition coefficient (Wildman–Crippen LogP) is 1.19. The molecule has 5 heteroatoms. The molecule has 0 fully saturated rings. The number of hydrogen-bond acceptors (Lipinski definition) is 4. The summed E-state index contributed by atoms with van der Waals surface area (Å²) in [4.78, 5) is 11.1. The van der Waals surface area contributed by atoms with Crippen molar-refractivity contribution in [3.63, 3.8) is 0 Å². The molecule has 0 bridgehead atoms. The lowest BCUT2D eigenvalue weighted by atomic mass is 10.2. The number of esters is 1. The van der Waals surface area contributed by atoms with E-state index in [0.29, 0.717) is 13.2 Å². The van der Waals surface area contributed by atoms with Gasteiger partial charge in [0.1, 0.15) is 0 Å². The third-order valence-corrected chi connectivity index (χ3v) is 2.41. The largest absolute Gasteiger partial charge is 0.464 e. The summed E-state index contributed by atoms with van der Waals surface area (Å²) in [7, 11) is 0. The summed E-state index contributed by atoms with van der Waals surface area (Å²) in [6.07, 6.45) is 0. The molecule has 2 atom stereocenters. The number of hydrogen-bond donors (Lipinski definition) is 0. The number of azo groups is 1. The van der Waals surface area contributed by atoms with E-state index in [2.05, 4.69) is 32.8 Å². The Morgan fingerprint density at radius 1 is 1.82 bits per heavy atom. The van der Waals surface area contributed by atoms with Crippen molar-refractivity contribution in [2.24, 2.45) is 10.2 Å². The summed E-state index contributed by atoms with van der Waals surface area (Å²) >= 11 is 2.16. The van der Waals surface area contributed by atoms with Crippen molar-refractivity contribution in [1.82, 2.24) is 0 Å². The molecule has 62 valence electrons. The van der Waals surface area contributed by atoms with Crippen LogP contribution in [0, 0.1) is 0 Å². The van der Waals surface area contributed by atoms with Gasteiger partial charge in [-0.15, -0.1) is 0 Å². The van der Waals surface area contributed by atoms with E-state index in [9.17, 15) is 4.79 Å². The van der Waals surface area contributed by atoms with Crippen LogP contribution in [0.4, 0.5) is 0 Å². The monoisotopic (exact) mass is 268 g/mol. The third-order valence-electron chi connectivity index (χ3n) is 1.33. The first-order valence-corrected chi connectivity index (χ1v) is 4.67. The molecule has 0 N–H and O–H groups in total. The fourth-order valence-electron chi connectivity index (χ4n) is 0.808. The van der Waals surface area contributed by atoms with Crippen molar-refractivity contribution in [2.75, 3.05) is 13.2 Å². The summed E-state index contributed by atoms with van der Waals surface area (Å²) in [5.74, 6) is -0.256. The molecule has 0 aliphatic carbocycles. The maximum absolute atomic E-state index is 11.1. The second-order valence-electron chi connectivity index (χ2n) is 2.15. The summed E-state index contributed by atoms with van der Waals surface area (Å²) in [5, 5.41) is 7.54.